The van der Waals surface area contributed by atoms with Gasteiger partial charge in [0.15, 0.2) is 5.78 Å². The average molecular weight is 274 g/mol. The van der Waals surface area contributed by atoms with Crippen molar-refractivity contribution in [2.75, 3.05) is 0 Å². The van der Waals surface area contributed by atoms with Gasteiger partial charge in [0.05, 0.1) is 5.02 Å². The molecule has 0 unspecified atom stereocenters. The van der Waals surface area contributed by atoms with Crippen molar-refractivity contribution in [1.29, 1.82) is 0 Å². The molecule has 2 rings (SSSR count). The molecule has 1 aliphatic rings. The monoisotopic (exact) mass is 272 g/mol. The maximum Gasteiger partial charge on any atom is 0.164 e. The number of carbonyl (C=O) groups excluding carboxylic acids is 1. The van der Waals surface area contributed by atoms with Crippen LogP contribution in [0.25, 0.3) is 0 Å². The molecule has 1 fully saturated rings. The van der Waals surface area contributed by atoms with Crippen LogP contribution in [0, 0.1) is 5.92 Å². The Labute approximate surface area is 96.6 Å². The van der Waals surface area contributed by atoms with Gasteiger partial charge in [0, 0.05) is 16.5 Å². The Morgan fingerprint density at radius 2 is 2.21 bits per heavy atom. The zero-order chi connectivity index (χ0) is 10.1. The Balaban J connectivity index is 2.17. The van der Waals surface area contributed by atoms with Crippen LogP contribution in [-0.4, -0.2) is 5.78 Å². The first-order valence-electron chi connectivity index (χ1n) is 4.65. The second-order valence-corrected chi connectivity index (χ2v) is 5.02. The van der Waals surface area contributed by atoms with Crippen LogP contribution in [0.1, 0.15) is 29.6 Å². The van der Waals surface area contributed by atoms with Gasteiger partial charge in [0.1, 0.15) is 0 Å². The van der Waals surface area contributed by atoms with Gasteiger partial charge in [0.25, 0.3) is 0 Å². The van der Waals surface area contributed by atoms with Gasteiger partial charge in [-0.15, -0.1) is 0 Å². The molecule has 0 bridgehead atoms. The zero-order valence-electron chi connectivity index (χ0n) is 7.59. The van der Waals surface area contributed by atoms with Gasteiger partial charge in [-0.05, 0) is 37.0 Å². The molecule has 0 radical (unpaired) electrons. The normalized spacial score (nSPS) is 15.6. The van der Waals surface area contributed by atoms with Crippen molar-refractivity contribution in [3.05, 3.63) is 33.3 Å². The average Bonchev–Trinajstić information content (AvgIpc) is 2.87. The predicted octanol–water partition coefficient (Wildman–Crippen LogP) is 4.09. The second-order valence-electron chi connectivity index (χ2n) is 3.69. The largest absolute Gasteiger partial charge is 0.294 e. The van der Waals surface area contributed by atoms with Crippen molar-refractivity contribution in [1.82, 2.24) is 0 Å². The van der Waals surface area contributed by atoms with Gasteiger partial charge in [-0.3, -0.25) is 4.79 Å². The minimum Gasteiger partial charge on any atom is -0.294 e. The molecule has 0 saturated heterocycles. The van der Waals surface area contributed by atoms with Gasteiger partial charge in [-0.1, -0.05) is 27.5 Å². The van der Waals surface area contributed by atoms with Gasteiger partial charge in [0.2, 0.25) is 0 Å². The fourth-order valence-corrected chi connectivity index (χ4v) is 2.19. The van der Waals surface area contributed by atoms with Crippen molar-refractivity contribution >= 4 is 33.3 Å². The lowest BCUT2D eigenvalue weighted by Crippen LogP contribution is -2.00. The lowest BCUT2D eigenvalue weighted by Gasteiger charge is -2.02. The van der Waals surface area contributed by atoms with Crippen molar-refractivity contribution in [3.8, 4) is 0 Å². The lowest BCUT2D eigenvalue weighted by molar-refractivity contribution is 0.0976. The predicted molar refractivity (Wildman–Crippen MR) is 60.8 cm³/mol. The van der Waals surface area contributed by atoms with Crippen LogP contribution in [-0.2, 0) is 0 Å². The molecule has 1 saturated carbocycles. The molecule has 0 amide bonds. The fourth-order valence-electron chi connectivity index (χ4n) is 1.41. The van der Waals surface area contributed by atoms with Crippen molar-refractivity contribution < 1.29 is 4.79 Å². The van der Waals surface area contributed by atoms with Crippen LogP contribution in [0.3, 0.4) is 0 Å². The Bertz CT molecular complexity index is 372. The minimum atomic E-state index is 0.171. The Morgan fingerprint density at radius 3 is 2.79 bits per heavy atom. The number of ketones is 1. The van der Waals surface area contributed by atoms with E-state index in [0.717, 1.165) is 4.47 Å². The Hall–Kier alpha value is -0.340. The maximum atomic E-state index is 11.7. The Kier molecular flexibility index (Phi) is 2.93. The van der Waals surface area contributed by atoms with Crippen LogP contribution in [0.5, 0.6) is 0 Å². The molecular weight excluding hydrogens is 263 g/mol. The molecule has 14 heavy (non-hydrogen) atoms. The SMILES string of the molecule is O=C(CC1CC1)c1ccc(Br)cc1Cl. The summed E-state index contributed by atoms with van der Waals surface area (Å²) in [6.45, 7) is 0. The molecule has 0 aromatic heterocycles. The molecule has 1 nitrogen and oxygen atoms in total. The standard InChI is InChI=1S/C11H10BrClO/c12-8-3-4-9(10(13)6-8)11(14)5-7-1-2-7/h3-4,6-7H,1-2,5H2. The van der Waals surface area contributed by atoms with E-state index in [1.807, 2.05) is 6.07 Å². The van der Waals surface area contributed by atoms with E-state index < -0.39 is 0 Å². The first kappa shape index (κ1) is 10.2. The summed E-state index contributed by atoms with van der Waals surface area (Å²) in [7, 11) is 0. The molecule has 0 heterocycles. The number of hydrogen-bond donors (Lipinski definition) is 0. The minimum absolute atomic E-state index is 0.171. The highest BCUT2D eigenvalue weighted by molar-refractivity contribution is 9.10. The molecule has 74 valence electrons. The third-order valence-corrected chi connectivity index (χ3v) is 3.21. The van der Waals surface area contributed by atoms with Crippen molar-refractivity contribution in [3.63, 3.8) is 0 Å². The number of benzene rings is 1. The van der Waals surface area contributed by atoms with Crippen LogP contribution in [0.2, 0.25) is 5.02 Å². The van der Waals surface area contributed by atoms with E-state index in [2.05, 4.69) is 15.9 Å². The molecular formula is C11H10BrClO. The summed E-state index contributed by atoms with van der Waals surface area (Å²) in [6.07, 6.45) is 3.04. The fraction of sp³-hybridized carbons (Fsp3) is 0.364. The van der Waals surface area contributed by atoms with Gasteiger partial charge >= 0.3 is 0 Å². The van der Waals surface area contributed by atoms with E-state index >= 15 is 0 Å². The number of rotatable bonds is 3. The molecule has 3 heteroatoms. The number of hydrogen-bond acceptors (Lipinski definition) is 1. The number of Topliss-reactive ketones (excluding diaryl/α,β-unsaturated/α-hetero) is 1. The van der Waals surface area contributed by atoms with Crippen LogP contribution < -0.4 is 0 Å². The van der Waals surface area contributed by atoms with E-state index in [4.69, 9.17) is 11.6 Å². The van der Waals surface area contributed by atoms with Crippen molar-refractivity contribution in [2.45, 2.75) is 19.3 Å². The van der Waals surface area contributed by atoms with E-state index in [1.54, 1.807) is 12.1 Å². The smallest absolute Gasteiger partial charge is 0.164 e. The van der Waals surface area contributed by atoms with Gasteiger partial charge in [-0.2, -0.15) is 0 Å². The third-order valence-electron chi connectivity index (χ3n) is 2.40. The van der Waals surface area contributed by atoms with Crippen molar-refractivity contribution in [2.24, 2.45) is 5.92 Å². The zero-order valence-corrected chi connectivity index (χ0v) is 9.94. The number of carbonyl (C=O) groups is 1. The molecule has 0 spiro atoms. The van der Waals surface area contributed by atoms with E-state index in [-0.39, 0.29) is 5.78 Å². The molecule has 1 aromatic carbocycles. The number of halogens is 2. The molecule has 0 atom stereocenters. The van der Waals surface area contributed by atoms with Gasteiger partial charge < -0.3 is 0 Å². The summed E-state index contributed by atoms with van der Waals surface area (Å²) in [5.41, 5.74) is 0.654. The highest BCUT2D eigenvalue weighted by Gasteiger charge is 2.25. The van der Waals surface area contributed by atoms with Crippen LogP contribution in [0.15, 0.2) is 22.7 Å². The van der Waals surface area contributed by atoms with E-state index in [1.165, 1.54) is 12.8 Å². The summed E-state index contributed by atoms with van der Waals surface area (Å²) >= 11 is 9.29. The third kappa shape index (κ3) is 2.37. The summed E-state index contributed by atoms with van der Waals surface area (Å²) < 4.78 is 0.908. The molecule has 1 aromatic rings. The van der Waals surface area contributed by atoms with Crippen LogP contribution in [0.4, 0.5) is 0 Å². The van der Waals surface area contributed by atoms with E-state index in [0.29, 0.717) is 22.9 Å². The first-order valence-corrected chi connectivity index (χ1v) is 5.82. The first-order chi connectivity index (χ1) is 6.66. The maximum absolute atomic E-state index is 11.7. The second kappa shape index (κ2) is 4.03. The Morgan fingerprint density at radius 1 is 1.50 bits per heavy atom. The quantitative estimate of drug-likeness (QED) is 0.758. The molecule has 0 N–H and O–H groups in total. The van der Waals surface area contributed by atoms with Crippen LogP contribution >= 0.6 is 27.5 Å². The summed E-state index contributed by atoms with van der Waals surface area (Å²) in [6, 6.07) is 5.41. The topological polar surface area (TPSA) is 17.1 Å². The molecule has 0 aliphatic heterocycles. The highest BCUT2D eigenvalue weighted by atomic mass is 79.9. The highest BCUT2D eigenvalue weighted by Crippen LogP contribution is 2.34. The van der Waals surface area contributed by atoms with E-state index in [9.17, 15) is 4.79 Å². The summed E-state index contributed by atoms with van der Waals surface area (Å²) in [4.78, 5) is 11.7. The lowest BCUT2D eigenvalue weighted by atomic mass is 10.1. The van der Waals surface area contributed by atoms with Gasteiger partial charge in [-0.25, -0.2) is 0 Å². The summed E-state index contributed by atoms with van der Waals surface area (Å²) in [5, 5.41) is 0.546. The molecule has 1 aliphatic carbocycles. The summed E-state index contributed by atoms with van der Waals surface area (Å²) in [5.74, 6) is 0.784.